The second-order valence-corrected chi connectivity index (χ2v) is 7.51. The molecule has 3 rings (SSSR count). The summed E-state index contributed by atoms with van der Waals surface area (Å²) < 4.78 is 20.4. The number of halogens is 2. The zero-order valence-electron chi connectivity index (χ0n) is 17.1. The fraction of sp³-hybridized carbons (Fsp3) is 0.261. The summed E-state index contributed by atoms with van der Waals surface area (Å²) in [6, 6.07) is 11.9. The van der Waals surface area contributed by atoms with Crippen molar-refractivity contribution in [1.82, 2.24) is 9.88 Å². The molecule has 2 N–H and O–H groups in total. The van der Waals surface area contributed by atoms with Crippen LogP contribution in [0.4, 0.5) is 4.39 Å². The van der Waals surface area contributed by atoms with Crippen molar-refractivity contribution in [2.24, 2.45) is 0 Å². The predicted octanol–water partition coefficient (Wildman–Crippen LogP) is 4.94. The molecule has 3 aromatic rings. The Balaban J connectivity index is 1.82. The Morgan fingerprint density at radius 2 is 1.83 bits per heavy atom. The summed E-state index contributed by atoms with van der Waals surface area (Å²) in [4.78, 5) is 11.9. The summed E-state index contributed by atoms with van der Waals surface area (Å²) in [7, 11) is 1.62. The van der Waals surface area contributed by atoms with Crippen LogP contribution in [0.3, 0.4) is 0 Å². The van der Waals surface area contributed by atoms with Gasteiger partial charge in [0.2, 0.25) is 0 Å². The maximum Gasteiger partial charge on any atom is 0.337 e. The maximum absolute atomic E-state index is 13.4. The van der Waals surface area contributed by atoms with E-state index >= 15 is 0 Å². The van der Waals surface area contributed by atoms with Crippen LogP contribution in [0, 0.1) is 19.7 Å². The molecule has 0 aliphatic rings. The third kappa shape index (κ3) is 4.66. The van der Waals surface area contributed by atoms with Crippen molar-refractivity contribution in [3.63, 3.8) is 0 Å². The number of hydrogen-bond donors (Lipinski definition) is 2. The topological polar surface area (TPSA) is 63.5 Å². The average Bonchev–Trinajstić information content (AvgIpc) is 2.94. The SMILES string of the molecule is COc1ccc(CNCc2c(C(=O)O)c(C)n(Cc3ccc(F)cc3Cl)c2C)cc1. The molecule has 0 radical (unpaired) electrons. The van der Waals surface area contributed by atoms with E-state index in [0.29, 0.717) is 30.4 Å². The van der Waals surface area contributed by atoms with Gasteiger partial charge in [0, 0.05) is 41.6 Å². The van der Waals surface area contributed by atoms with Crippen LogP contribution in [0.25, 0.3) is 0 Å². The first kappa shape index (κ1) is 21.9. The number of methoxy groups -OCH3 is 1. The van der Waals surface area contributed by atoms with Gasteiger partial charge < -0.3 is 19.7 Å². The molecular formula is C23H24ClFN2O3. The fourth-order valence-electron chi connectivity index (χ4n) is 3.58. The Morgan fingerprint density at radius 3 is 2.43 bits per heavy atom. The van der Waals surface area contributed by atoms with Crippen LogP contribution in [0.15, 0.2) is 42.5 Å². The number of benzene rings is 2. The average molecular weight is 431 g/mol. The lowest BCUT2D eigenvalue weighted by Gasteiger charge is -2.12. The number of carboxylic acids is 1. The second kappa shape index (κ2) is 9.32. The third-order valence-electron chi connectivity index (χ3n) is 5.26. The summed E-state index contributed by atoms with van der Waals surface area (Å²) >= 11 is 6.18. The van der Waals surface area contributed by atoms with Crippen LogP contribution in [0.2, 0.25) is 5.02 Å². The van der Waals surface area contributed by atoms with E-state index in [1.165, 1.54) is 12.1 Å². The van der Waals surface area contributed by atoms with Gasteiger partial charge in [-0.2, -0.15) is 0 Å². The Labute approximate surface area is 180 Å². The number of carbonyl (C=O) groups is 1. The van der Waals surface area contributed by atoms with E-state index in [2.05, 4.69) is 5.32 Å². The number of nitrogens with one attached hydrogen (secondary N) is 1. The molecule has 0 spiro atoms. The lowest BCUT2D eigenvalue weighted by Crippen LogP contribution is -2.15. The van der Waals surface area contributed by atoms with Crippen molar-refractivity contribution in [3.8, 4) is 5.75 Å². The Hall–Kier alpha value is -2.83. The van der Waals surface area contributed by atoms with Gasteiger partial charge in [0.05, 0.1) is 12.7 Å². The van der Waals surface area contributed by atoms with Gasteiger partial charge >= 0.3 is 5.97 Å². The smallest absolute Gasteiger partial charge is 0.337 e. The number of aromatic nitrogens is 1. The Bertz CT molecular complexity index is 1060. The lowest BCUT2D eigenvalue weighted by atomic mass is 10.1. The number of carboxylic acid groups (broad SMARTS) is 1. The van der Waals surface area contributed by atoms with Crippen LogP contribution in [-0.2, 0) is 19.6 Å². The van der Waals surface area contributed by atoms with Crippen LogP contribution >= 0.6 is 11.6 Å². The molecule has 158 valence electrons. The van der Waals surface area contributed by atoms with Crippen molar-refractivity contribution in [2.75, 3.05) is 7.11 Å². The van der Waals surface area contributed by atoms with E-state index in [0.717, 1.165) is 28.1 Å². The standard InChI is InChI=1S/C23H24ClFN2O3/c1-14-20(12-26-11-16-4-8-19(30-3)9-5-16)22(23(28)29)15(2)27(14)13-17-6-7-18(25)10-21(17)24/h4-10,26H,11-13H2,1-3H3,(H,28,29). The molecule has 7 heteroatoms. The minimum absolute atomic E-state index is 0.285. The van der Waals surface area contributed by atoms with Gasteiger partial charge in [-0.15, -0.1) is 0 Å². The van der Waals surface area contributed by atoms with Gasteiger partial charge in [-0.25, -0.2) is 9.18 Å². The maximum atomic E-state index is 13.4. The molecule has 0 fully saturated rings. The number of hydrogen-bond acceptors (Lipinski definition) is 3. The van der Waals surface area contributed by atoms with Crippen LogP contribution in [-0.4, -0.2) is 22.8 Å². The van der Waals surface area contributed by atoms with Crippen molar-refractivity contribution < 1.29 is 19.0 Å². The lowest BCUT2D eigenvalue weighted by molar-refractivity contribution is 0.0694. The minimum Gasteiger partial charge on any atom is -0.497 e. The summed E-state index contributed by atoms with van der Waals surface area (Å²) in [6.07, 6.45) is 0. The molecule has 0 saturated heterocycles. The van der Waals surface area contributed by atoms with Crippen molar-refractivity contribution >= 4 is 17.6 Å². The van der Waals surface area contributed by atoms with Crippen LogP contribution in [0.1, 0.15) is 38.4 Å². The molecule has 0 atom stereocenters. The highest BCUT2D eigenvalue weighted by Gasteiger charge is 2.22. The Morgan fingerprint density at radius 1 is 1.13 bits per heavy atom. The molecule has 0 aliphatic carbocycles. The summed E-state index contributed by atoms with van der Waals surface area (Å²) in [5, 5.41) is 13.4. The van der Waals surface area contributed by atoms with E-state index in [4.69, 9.17) is 16.3 Å². The molecule has 0 saturated carbocycles. The highest BCUT2D eigenvalue weighted by Crippen LogP contribution is 2.26. The minimum atomic E-state index is -0.971. The third-order valence-corrected chi connectivity index (χ3v) is 5.61. The Kier molecular flexibility index (Phi) is 6.80. The summed E-state index contributed by atoms with van der Waals surface area (Å²) in [6.45, 7) is 5.04. The summed E-state index contributed by atoms with van der Waals surface area (Å²) in [5.41, 5.74) is 4.29. The predicted molar refractivity (Wildman–Crippen MR) is 115 cm³/mol. The van der Waals surface area contributed by atoms with Gasteiger partial charge in [-0.3, -0.25) is 0 Å². The number of aromatic carboxylic acids is 1. The first-order chi connectivity index (χ1) is 14.3. The van der Waals surface area contributed by atoms with Crippen LogP contribution in [0.5, 0.6) is 5.75 Å². The molecule has 0 unspecified atom stereocenters. The molecule has 30 heavy (non-hydrogen) atoms. The molecule has 0 amide bonds. The van der Waals surface area contributed by atoms with Crippen molar-refractivity contribution in [1.29, 1.82) is 0 Å². The molecule has 5 nitrogen and oxygen atoms in total. The zero-order valence-corrected chi connectivity index (χ0v) is 17.9. The second-order valence-electron chi connectivity index (χ2n) is 7.10. The van der Waals surface area contributed by atoms with Gasteiger partial charge in [-0.1, -0.05) is 29.8 Å². The number of nitrogens with zero attached hydrogens (tertiary/aromatic N) is 1. The highest BCUT2D eigenvalue weighted by atomic mass is 35.5. The van der Waals surface area contributed by atoms with Crippen LogP contribution < -0.4 is 10.1 Å². The van der Waals surface area contributed by atoms with E-state index < -0.39 is 11.8 Å². The molecular weight excluding hydrogens is 407 g/mol. The quantitative estimate of drug-likeness (QED) is 0.531. The highest BCUT2D eigenvalue weighted by molar-refractivity contribution is 6.31. The van der Waals surface area contributed by atoms with E-state index in [-0.39, 0.29) is 5.56 Å². The van der Waals surface area contributed by atoms with Gasteiger partial charge in [0.25, 0.3) is 0 Å². The molecule has 1 aromatic heterocycles. The van der Waals surface area contributed by atoms with Crippen molar-refractivity contribution in [3.05, 3.63) is 86.9 Å². The zero-order chi connectivity index (χ0) is 21.8. The number of ether oxygens (including phenoxy) is 1. The normalized spacial score (nSPS) is 11.0. The van der Waals surface area contributed by atoms with E-state index in [9.17, 15) is 14.3 Å². The first-order valence-electron chi connectivity index (χ1n) is 9.51. The summed E-state index contributed by atoms with van der Waals surface area (Å²) in [5.74, 6) is -0.588. The number of rotatable bonds is 8. The van der Waals surface area contributed by atoms with Gasteiger partial charge in [0.1, 0.15) is 11.6 Å². The van der Waals surface area contributed by atoms with Gasteiger partial charge in [-0.05, 0) is 49.2 Å². The van der Waals surface area contributed by atoms with Crippen molar-refractivity contribution in [2.45, 2.75) is 33.5 Å². The molecule has 1 heterocycles. The van der Waals surface area contributed by atoms with E-state index in [1.54, 1.807) is 20.1 Å². The fourth-order valence-corrected chi connectivity index (χ4v) is 3.81. The van der Waals surface area contributed by atoms with Gasteiger partial charge in [0.15, 0.2) is 0 Å². The molecule has 0 bridgehead atoms. The first-order valence-corrected chi connectivity index (χ1v) is 9.89. The van der Waals surface area contributed by atoms with E-state index in [1.807, 2.05) is 35.8 Å². The molecule has 0 aliphatic heterocycles. The monoisotopic (exact) mass is 430 g/mol. The largest absolute Gasteiger partial charge is 0.497 e. The molecule has 2 aromatic carbocycles.